The highest BCUT2D eigenvalue weighted by Gasteiger charge is 2.48. The van der Waals surface area contributed by atoms with Crippen LogP contribution in [0.1, 0.15) is 37.7 Å². The zero-order valence-electron chi connectivity index (χ0n) is 20.2. The number of nitrogens with zero attached hydrogens (tertiary/aromatic N) is 1. The first kappa shape index (κ1) is 33.0. The summed E-state index contributed by atoms with van der Waals surface area (Å²) in [6.45, 7) is 0.831. The summed E-state index contributed by atoms with van der Waals surface area (Å²) in [7, 11) is 2.28. The molecule has 1 aliphatic rings. The van der Waals surface area contributed by atoms with E-state index in [0.717, 1.165) is 19.8 Å². The van der Waals surface area contributed by atoms with Crippen LogP contribution >= 0.6 is 24.8 Å². The van der Waals surface area contributed by atoms with Gasteiger partial charge in [-0.15, -0.1) is 24.8 Å². The van der Waals surface area contributed by atoms with Crippen LogP contribution in [0.4, 0.5) is 0 Å². The van der Waals surface area contributed by atoms with Gasteiger partial charge in [-0.25, -0.2) is 4.79 Å². The summed E-state index contributed by atoms with van der Waals surface area (Å²) in [5, 5.41) is 13.5. The van der Waals surface area contributed by atoms with Gasteiger partial charge < -0.3 is 36.3 Å². The Balaban J connectivity index is 0.00000578. The smallest absolute Gasteiger partial charge is 0.368 e. The van der Waals surface area contributed by atoms with E-state index in [2.05, 4.69) is 10.1 Å². The van der Waals surface area contributed by atoms with Crippen LogP contribution < -0.4 is 16.8 Å². The fraction of sp³-hybridized carbons (Fsp3) is 0.609. The van der Waals surface area contributed by atoms with E-state index in [1.807, 2.05) is 30.3 Å². The number of unbranched alkanes of at least 4 members (excludes halogenated alkanes) is 1. The zero-order chi connectivity index (χ0) is 24.4. The van der Waals surface area contributed by atoms with Crippen molar-refractivity contribution in [1.29, 1.82) is 0 Å². The molecule has 0 bridgehead atoms. The van der Waals surface area contributed by atoms with Gasteiger partial charge in [-0.3, -0.25) is 9.59 Å². The predicted octanol–water partition coefficient (Wildman–Crippen LogP) is 0.513. The Labute approximate surface area is 218 Å². The lowest BCUT2D eigenvalue weighted by Gasteiger charge is -2.34. The Hall–Kier alpha value is -1.95. The fourth-order valence-electron chi connectivity index (χ4n) is 4.11. The van der Waals surface area contributed by atoms with Crippen molar-refractivity contribution in [3.8, 4) is 0 Å². The number of carbonyl (C=O) groups excluding carboxylic acids is 3. The van der Waals surface area contributed by atoms with E-state index >= 15 is 0 Å². The maximum Gasteiger partial charge on any atom is 0.368 e. The van der Waals surface area contributed by atoms with Gasteiger partial charge in [-0.2, -0.15) is 0 Å². The molecule has 200 valence electrons. The van der Waals surface area contributed by atoms with Crippen LogP contribution in [0.15, 0.2) is 30.3 Å². The summed E-state index contributed by atoms with van der Waals surface area (Å²) in [5.74, 6) is -4.18. The van der Waals surface area contributed by atoms with E-state index in [1.54, 1.807) is 0 Å². The lowest BCUT2D eigenvalue weighted by atomic mass is 9.99. The average molecular weight is 537 g/mol. The standard InChI is InChI=1S/C23H36N4O6.2ClH/c1-32-22(30)23(31,33-2)19(12-6-7-13-24)26-20(28)18-11-8-14-27(18)21(29)17(25)15-16-9-4-3-5-10-16;;/h3-5,9-10,17-19,31H,6-8,11-15,24-25H2,1-2H3,(H,26,28);2*1H/t17-,18+,19?,23?;;/m1../s1. The first-order chi connectivity index (χ1) is 15.8. The molecule has 0 aliphatic carbocycles. The SMILES string of the molecule is COC(=O)C(O)(OC)C(CCCCN)NC(=O)[C@@H]1CCCN1C(=O)[C@H](N)Cc1ccccc1.Cl.Cl. The molecule has 35 heavy (non-hydrogen) atoms. The van der Waals surface area contributed by atoms with Crippen molar-refractivity contribution >= 4 is 42.6 Å². The molecule has 1 heterocycles. The third-order valence-electron chi connectivity index (χ3n) is 5.98. The van der Waals surface area contributed by atoms with E-state index in [9.17, 15) is 19.5 Å². The van der Waals surface area contributed by atoms with Gasteiger partial charge in [0.05, 0.1) is 19.2 Å². The van der Waals surface area contributed by atoms with Crippen molar-refractivity contribution in [3.05, 3.63) is 35.9 Å². The number of amides is 2. The van der Waals surface area contributed by atoms with Crippen molar-refractivity contribution in [2.24, 2.45) is 11.5 Å². The Kier molecular flexibility index (Phi) is 15.0. The first-order valence-corrected chi connectivity index (χ1v) is 11.2. The first-order valence-electron chi connectivity index (χ1n) is 11.2. The number of halogens is 2. The van der Waals surface area contributed by atoms with Gasteiger partial charge >= 0.3 is 5.97 Å². The summed E-state index contributed by atoms with van der Waals surface area (Å²) in [4.78, 5) is 39.9. The Morgan fingerprint density at radius 1 is 1.20 bits per heavy atom. The molecule has 0 saturated carbocycles. The van der Waals surface area contributed by atoms with E-state index in [-0.39, 0.29) is 37.1 Å². The quantitative estimate of drug-likeness (QED) is 0.171. The molecule has 1 aromatic rings. The molecule has 1 aliphatic heterocycles. The Morgan fingerprint density at radius 2 is 1.86 bits per heavy atom. The highest BCUT2D eigenvalue weighted by Crippen LogP contribution is 2.23. The molecular formula is C23H38Cl2N4O6. The maximum atomic E-state index is 13.2. The zero-order valence-corrected chi connectivity index (χ0v) is 21.8. The molecule has 6 N–H and O–H groups in total. The number of nitrogens with two attached hydrogens (primary N) is 2. The van der Waals surface area contributed by atoms with Gasteiger partial charge in [0.15, 0.2) is 0 Å². The number of likely N-dealkylation sites (tertiary alicyclic amines) is 1. The minimum Gasteiger partial charge on any atom is -0.465 e. The molecule has 0 radical (unpaired) electrons. The predicted molar refractivity (Wildman–Crippen MR) is 136 cm³/mol. The van der Waals surface area contributed by atoms with Gasteiger partial charge in [-0.05, 0) is 50.6 Å². The van der Waals surface area contributed by atoms with Crippen molar-refractivity contribution in [3.63, 3.8) is 0 Å². The van der Waals surface area contributed by atoms with Gasteiger partial charge in [-0.1, -0.05) is 30.3 Å². The second kappa shape index (κ2) is 15.9. The Morgan fingerprint density at radius 3 is 2.43 bits per heavy atom. The molecule has 2 amide bonds. The number of carbonyl (C=O) groups is 3. The van der Waals surface area contributed by atoms with Crippen LogP contribution in [0.5, 0.6) is 0 Å². The van der Waals surface area contributed by atoms with Crippen LogP contribution in [0, 0.1) is 0 Å². The lowest BCUT2D eigenvalue weighted by molar-refractivity contribution is -0.228. The van der Waals surface area contributed by atoms with Gasteiger partial charge in [0.1, 0.15) is 6.04 Å². The van der Waals surface area contributed by atoms with E-state index in [4.69, 9.17) is 16.2 Å². The number of benzene rings is 1. The molecule has 10 nitrogen and oxygen atoms in total. The molecule has 4 atom stereocenters. The highest BCUT2D eigenvalue weighted by molar-refractivity contribution is 5.91. The van der Waals surface area contributed by atoms with Crippen LogP contribution in [0.25, 0.3) is 0 Å². The fourth-order valence-corrected chi connectivity index (χ4v) is 4.11. The molecule has 0 aromatic heterocycles. The number of aliphatic hydroxyl groups is 1. The minimum absolute atomic E-state index is 0. The third-order valence-corrected chi connectivity index (χ3v) is 5.98. The summed E-state index contributed by atoms with van der Waals surface area (Å²) in [6.07, 6.45) is 2.86. The van der Waals surface area contributed by atoms with Crippen molar-refractivity contribution in [2.75, 3.05) is 27.3 Å². The average Bonchev–Trinajstić information content (AvgIpc) is 3.32. The molecule has 2 rings (SSSR count). The molecule has 1 aromatic carbocycles. The molecular weight excluding hydrogens is 499 g/mol. The summed E-state index contributed by atoms with van der Waals surface area (Å²) in [6, 6.07) is 6.81. The normalized spacial score (nSPS) is 18.3. The third kappa shape index (κ3) is 8.59. The molecule has 1 fully saturated rings. The topological polar surface area (TPSA) is 157 Å². The molecule has 1 saturated heterocycles. The number of methoxy groups -OCH3 is 2. The number of hydrogen-bond donors (Lipinski definition) is 4. The minimum atomic E-state index is -2.36. The largest absolute Gasteiger partial charge is 0.465 e. The summed E-state index contributed by atoms with van der Waals surface area (Å²) in [5.41, 5.74) is 12.6. The van der Waals surface area contributed by atoms with E-state index < -0.39 is 35.8 Å². The van der Waals surface area contributed by atoms with Crippen LogP contribution in [-0.4, -0.2) is 79.0 Å². The number of nitrogens with one attached hydrogen (secondary N) is 1. The van der Waals surface area contributed by atoms with Gasteiger partial charge in [0.25, 0.3) is 5.79 Å². The second-order valence-electron chi connectivity index (χ2n) is 8.22. The summed E-state index contributed by atoms with van der Waals surface area (Å²) >= 11 is 0. The lowest BCUT2D eigenvalue weighted by Crippen LogP contribution is -2.61. The van der Waals surface area contributed by atoms with E-state index in [0.29, 0.717) is 45.2 Å². The number of rotatable bonds is 12. The van der Waals surface area contributed by atoms with Crippen molar-refractivity contribution < 1.29 is 29.0 Å². The van der Waals surface area contributed by atoms with Crippen molar-refractivity contribution in [1.82, 2.24) is 10.2 Å². The second-order valence-corrected chi connectivity index (χ2v) is 8.22. The van der Waals surface area contributed by atoms with Crippen molar-refractivity contribution in [2.45, 2.75) is 62.4 Å². The van der Waals surface area contributed by atoms with E-state index in [1.165, 1.54) is 4.90 Å². The molecule has 0 spiro atoms. The maximum absolute atomic E-state index is 13.2. The van der Waals surface area contributed by atoms with Gasteiger partial charge in [0, 0.05) is 13.7 Å². The van der Waals surface area contributed by atoms with Gasteiger partial charge in [0.2, 0.25) is 11.8 Å². The van der Waals surface area contributed by atoms with Crippen LogP contribution in [-0.2, 0) is 30.3 Å². The van der Waals surface area contributed by atoms with Crippen LogP contribution in [0.3, 0.4) is 0 Å². The molecule has 12 heteroatoms. The number of ether oxygens (including phenoxy) is 2. The Bertz CT molecular complexity index is 803. The molecule has 2 unspecified atom stereocenters. The number of esters is 1. The highest BCUT2D eigenvalue weighted by atomic mass is 35.5. The number of hydrogen-bond acceptors (Lipinski definition) is 8. The van der Waals surface area contributed by atoms with Crippen LogP contribution in [0.2, 0.25) is 0 Å². The monoisotopic (exact) mass is 536 g/mol. The summed E-state index contributed by atoms with van der Waals surface area (Å²) < 4.78 is 9.74.